The van der Waals surface area contributed by atoms with Gasteiger partial charge in [0.05, 0.1) is 23.7 Å². The number of hydrogen-bond acceptors (Lipinski definition) is 7. The van der Waals surface area contributed by atoms with Gasteiger partial charge < -0.3 is 9.73 Å². The number of furan rings is 1. The SMILES string of the molecule is CSc1nc2cc(C(=O)N3CCCN3C(=O)CNC(=O)c3ccco3)ccc2c(=O)n1C. The van der Waals surface area contributed by atoms with E-state index in [1.54, 1.807) is 31.3 Å². The van der Waals surface area contributed by atoms with E-state index in [-0.39, 0.29) is 23.8 Å². The zero-order chi connectivity index (χ0) is 22.8. The Labute approximate surface area is 187 Å². The van der Waals surface area contributed by atoms with Crippen molar-refractivity contribution in [2.75, 3.05) is 25.9 Å². The summed E-state index contributed by atoms with van der Waals surface area (Å²) in [5.74, 6) is -1.18. The Morgan fingerprint density at radius 3 is 2.69 bits per heavy atom. The van der Waals surface area contributed by atoms with E-state index >= 15 is 0 Å². The Morgan fingerprint density at radius 1 is 1.19 bits per heavy atom. The van der Waals surface area contributed by atoms with E-state index in [2.05, 4.69) is 10.3 Å². The fraction of sp³-hybridized carbons (Fsp3) is 0.286. The minimum Gasteiger partial charge on any atom is -0.459 e. The Balaban J connectivity index is 1.52. The van der Waals surface area contributed by atoms with Crippen molar-refractivity contribution in [3.8, 4) is 0 Å². The van der Waals surface area contributed by atoms with Gasteiger partial charge >= 0.3 is 0 Å². The van der Waals surface area contributed by atoms with Crippen molar-refractivity contribution >= 4 is 40.4 Å². The van der Waals surface area contributed by atoms with Crippen molar-refractivity contribution in [2.24, 2.45) is 7.05 Å². The molecule has 1 fully saturated rings. The van der Waals surface area contributed by atoms with Gasteiger partial charge in [0.2, 0.25) is 0 Å². The number of carbonyl (C=O) groups is 3. The highest BCUT2D eigenvalue weighted by atomic mass is 32.2. The molecule has 0 spiro atoms. The molecule has 1 aliphatic rings. The molecule has 166 valence electrons. The fourth-order valence-electron chi connectivity index (χ4n) is 3.54. The van der Waals surface area contributed by atoms with Gasteiger partial charge in [0.25, 0.3) is 23.3 Å². The molecule has 1 aliphatic heterocycles. The molecule has 0 saturated carbocycles. The van der Waals surface area contributed by atoms with Crippen LogP contribution in [-0.2, 0) is 11.8 Å². The summed E-state index contributed by atoms with van der Waals surface area (Å²) in [7, 11) is 1.65. The lowest BCUT2D eigenvalue weighted by Gasteiger charge is -2.28. The number of carbonyl (C=O) groups excluding carboxylic acids is 3. The van der Waals surface area contributed by atoms with Crippen molar-refractivity contribution in [1.82, 2.24) is 24.9 Å². The molecule has 4 rings (SSSR count). The van der Waals surface area contributed by atoms with Crippen LogP contribution in [0.3, 0.4) is 0 Å². The summed E-state index contributed by atoms with van der Waals surface area (Å²) in [5, 5.41) is 6.14. The van der Waals surface area contributed by atoms with Crippen LogP contribution >= 0.6 is 11.8 Å². The molecule has 10 nitrogen and oxygen atoms in total. The third-order valence-corrected chi connectivity index (χ3v) is 5.89. The summed E-state index contributed by atoms with van der Waals surface area (Å²) >= 11 is 1.34. The Bertz CT molecular complexity index is 1250. The molecule has 32 heavy (non-hydrogen) atoms. The number of benzene rings is 1. The molecule has 0 atom stereocenters. The van der Waals surface area contributed by atoms with Gasteiger partial charge in [-0.2, -0.15) is 0 Å². The summed E-state index contributed by atoms with van der Waals surface area (Å²) < 4.78 is 6.47. The van der Waals surface area contributed by atoms with Gasteiger partial charge in [0.15, 0.2) is 10.9 Å². The van der Waals surface area contributed by atoms with Gasteiger partial charge in [-0.15, -0.1) is 0 Å². The molecule has 1 aromatic carbocycles. The van der Waals surface area contributed by atoms with Crippen molar-refractivity contribution in [3.05, 3.63) is 58.3 Å². The van der Waals surface area contributed by atoms with Gasteiger partial charge in [0.1, 0.15) is 0 Å². The van der Waals surface area contributed by atoms with Crippen LogP contribution in [0.2, 0.25) is 0 Å². The molecule has 3 heterocycles. The van der Waals surface area contributed by atoms with Gasteiger partial charge in [-0.3, -0.25) is 23.7 Å². The molecular weight excluding hydrogens is 434 g/mol. The van der Waals surface area contributed by atoms with Crippen molar-refractivity contribution in [1.29, 1.82) is 0 Å². The molecule has 0 radical (unpaired) electrons. The highest BCUT2D eigenvalue weighted by molar-refractivity contribution is 7.98. The Hall–Kier alpha value is -3.60. The third-order valence-electron chi connectivity index (χ3n) is 5.16. The van der Waals surface area contributed by atoms with Crippen molar-refractivity contribution in [3.63, 3.8) is 0 Å². The number of hydrogen-bond donors (Lipinski definition) is 1. The highest BCUT2D eigenvalue weighted by Gasteiger charge is 2.31. The number of rotatable bonds is 5. The van der Waals surface area contributed by atoms with E-state index < -0.39 is 11.8 Å². The maximum atomic E-state index is 13.2. The fourth-order valence-corrected chi connectivity index (χ4v) is 4.09. The second-order valence-corrected chi connectivity index (χ2v) is 7.93. The minimum atomic E-state index is -0.507. The number of nitrogens with one attached hydrogen (secondary N) is 1. The number of nitrogens with zero attached hydrogens (tertiary/aromatic N) is 4. The zero-order valence-corrected chi connectivity index (χ0v) is 18.3. The molecule has 0 unspecified atom stereocenters. The van der Waals surface area contributed by atoms with E-state index in [1.807, 2.05) is 6.26 Å². The largest absolute Gasteiger partial charge is 0.459 e. The molecule has 1 N–H and O–H groups in total. The first-order valence-electron chi connectivity index (χ1n) is 9.89. The van der Waals surface area contributed by atoms with Crippen LogP contribution in [0.1, 0.15) is 27.3 Å². The first kappa shape index (κ1) is 21.6. The summed E-state index contributed by atoms with van der Waals surface area (Å²) in [6.45, 7) is 0.467. The zero-order valence-electron chi connectivity index (χ0n) is 17.5. The number of thioether (sulfide) groups is 1. The van der Waals surface area contributed by atoms with Crippen LogP contribution in [-0.4, -0.2) is 63.2 Å². The summed E-state index contributed by atoms with van der Waals surface area (Å²) in [5.41, 5.74) is 0.555. The van der Waals surface area contributed by atoms with E-state index in [4.69, 9.17) is 4.42 Å². The van der Waals surface area contributed by atoms with E-state index in [9.17, 15) is 19.2 Å². The minimum absolute atomic E-state index is 0.103. The van der Waals surface area contributed by atoms with Crippen LogP contribution in [0.15, 0.2) is 51.0 Å². The topological polar surface area (TPSA) is 118 Å². The lowest BCUT2D eigenvalue weighted by Crippen LogP contribution is -2.48. The highest BCUT2D eigenvalue weighted by Crippen LogP contribution is 2.19. The Morgan fingerprint density at radius 2 is 1.97 bits per heavy atom. The van der Waals surface area contributed by atoms with E-state index in [0.717, 1.165) is 0 Å². The average molecular weight is 455 g/mol. The van der Waals surface area contributed by atoms with Crippen molar-refractivity contribution in [2.45, 2.75) is 11.6 Å². The lowest BCUT2D eigenvalue weighted by molar-refractivity contribution is -0.139. The van der Waals surface area contributed by atoms with E-state index in [1.165, 1.54) is 38.7 Å². The molecule has 0 aliphatic carbocycles. The average Bonchev–Trinajstić information content (AvgIpc) is 3.51. The third kappa shape index (κ3) is 3.98. The first-order valence-corrected chi connectivity index (χ1v) is 11.1. The standard InChI is InChI=1S/C21H21N5O5S/c1-24-20(30)14-7-6-13(11-15(14)23-21(24)32-2)19(29)26-9-4-8-25(26)17(27)12-22-18(28)16-5-3-10-31-16/h3,5-7,10-11H,4,8-9,12H2,1-2H3,(H,22,28). The monoisotopic (exact) mass is 455 g/mol. The van der Waals surface area contributed by atoms with Gasteiger partial charge in [-0.05, 0) is 43.0 Å². The van der Waals surface area contributed by atoms with Gasteiger partial charge in [0, 0.05) is 25.7 Å². The van der Waals surface area contributed by atoms with Gasteiger partial charge in [-0.25, -0.2) is 15.0 Å². The number of fused-ring (bicyclic) bond motifs is 1. The maximum Gasteiger partial charge on any atom is 0.287 e. The molecule has 0 bridgehead atoms. The maximum absolute atomic E-state index is 13.2. The van der Waals surface area contributed by atoms with Crippen LogP contribution in [0, 0.1) is 0 Å². The van der Waals surface area contributed by atoms with Crippen LogP contribution in [0.25, 0.3) is 10.9 Å². The summed E-state index contributed by atoms with van der Waals surface area (Å²) in [4.78, 5) is 54.8. The molecule has 11 heteroatoms. The van der Waals surface area contributed by atoms with E-state index in [0.29, 0.717) is 41.1 Å². The smallest absolute Gasteiger partial charge is 0.287 e. The lowest BCUT2D eigenvalue weighted by atomic mass is 10.1. The van der Waals surface area contributed by atoms with Crippen LogP contribution < -0.4 is 10.9 Å². The number of amides is 3. The summed E-state index contributed by atoms with van der Waals surface area (Å²) in [6, 6.07) is 7.78. The van der Waals surface area contributed by atoms with Gasteiger partial charge in [-0.1, -0.05) is 11.8 Å². The second kappa shape index (κ2) is 8.87. The van der Waals surface area contributed by atoms with Crippen LogP contribution in [0.4, 0.5) is 0 Å². The normalized spacial score (nSPS) is 13.6. The predicted octanol–water partition coefficient (Wildman–Crippen LogP) is 1.27. The van der Waals surface area contributed by atoms with Crippen LogP contribution in [0.5, 0.6) is 0 Å². The quantitative estimate of drug-likeness (QED) is 0.455. The molecule has 2 aromatic heterocycles. The molecule has 1 saturated heterocycles. The molecule has 3 aromatic rings. The first-order chi connectivity index (χ1) is 15.4. The Kier molecular flexibility index (Phi) is 5.99. The number of aromatic nitrogens is 2. The predicted molar refractivity (Wildman–Crippen MR) is 117 cm³/mol. The summed E-state index contributed by atoms with van der Waals surface area (Å²) in [6.07, 6.45) is 3.81. The molecule has 3 amide bonds. The number of hydrazine groups is 1. The van der Waals surface area contributed by atoms with Crippen molar-refractivity contribution < 1.29 is 18.8 Å². The molecular formula is C21H21N5O5S. The second-order valence-electron chi connectivity index (χ2n) is 7.15.